The first-order chi connectivity index (χ1) is 16.6. The fourth-order valence-corrected chi connectivity index (χ4v) is 3.74. The van der Waals surface area contributed by atoms with Gasteiger partial charge in [0.15, 0.2) is 0 Å². The zero-order chi connectivity index (χ0) is 27.4. The van der Waals surface area contributed by atoms with Gasteiger partial charge in [-0.05, 0) is 41.8 Å². The Bertz CT molecular complexity index is 1140. The minimum Gasteiger partial charge on any atom is -0.273 e. The van der Waals surface area contributed by atoms with Gasteiger partial charge in [0.1, 0.15) is 0 Å². The van der Waals surface area contributed by atoms with Crippen molar-refractivity contribution in [2.45, 2.75) is 38.0 Å². The molecule has 0 bridgehead atoms. The van der Waals surface area contributed by atoms with E-state index in [2.05, 4.69) is 5.43 Å². The first-order valence-electron chi connectivity index (χ1n) is 10.2. The number of carbonyl (C=O) groups excluding carboxylic acids is 2. The van der Waals surface area contributed by atoms with Gasteiger partial charge in [-0.1, -0.05) is 59.9 Å². The summed E-state index contributed by atoms with van der Waals surface area (Å²) in [5, 5.41) is 0.186. The van der Waals surface area contributed by atoms with E-state index >= 15 is 0 Å². The molecule has 2 aromatic rings. The number of alkyl halides is 6. The molecular weight excluding hydrogens is 557 g/mol. The van der Waals surface area contributed by atoms with E-state index in [0.29, 0.717) is 18.6 Å². The van der Waals surface area contributed by atoms with Crippen molar-refractivity contribution in [1.82, 2.24) is 10.4 Å². The zero-order valence-electron chi connectivity index (χ0n) is 18.7. The molecule has 0 aliphatic carbocycles. The predicted molar refractivity (Wildman–Crippen MR) is 126 cm³/mol. The maximum atomic E-state index is 13.7. The van der Waals surface area contributed by atoms with Crippen LogP contribution in [0.3, 0.4) is 0 Å². The third-order valence-electron chi connectivity index (χ3n) is 4.90. The lowest BCUT2D eigenvalue weighted by Gasteiger charge is -2.20. The van der Waals surface area contributed by atoms with Gasteiger partial charge in [0.05, 0.1) is 32.1 Å². The highest BCUT2D eigenvalue weighted by atomic mass is 35.5. The van der Waals surface area contributed by atoms with Gasteiger partial charge < -0.3 is 0 Å². The Morgan fingerprint density at radius 2 is 1.61 bits per heavy atom. The third kappa shape index (κ3) is 7.54. The quantitative estimate of drug-likeness (QED) is 0.216. The monoisotopic (exact) mass is 574 g/mol. The molecule has 0 aliphatic heterocycles. The first kappa shape index (κ1) is 29.8. The largest absolute Gasteiger partial charge is 0.417 e. The lowest BCUT2D eigenvalue weighted by atomic mass is 9.96. The molecule has 1 atom stereocenters. The smallest absolute Gasteiger partial charge is 0.273 e. The SMILES string of the molecule is CCCC(=O)N(C)NC(=O)c1ccc(C=CC(c2cc(Cl)c(Cl)c(Cl)c2)C(F)(F)F)cc1C(F)(F)F. The van der Waals surface area contributed by atoms with Crippen LogP contribution >= 0.6 is 34.8 Å². The summed E-state index contributed by atoms with van der Waals surface area (Å²) in [5.41, 5.74) is -0.759. The maximum Gasteiger partial charge on any atom is 0.417 e. The van der Waals surface area contributed by atoms with Gasteiger partial charge in [-0.3, -0.25) is 20.0 Å². The van der Waals surface area contributed by atoms with Gasteiger partial charge >= 0.3 is 12.4 Å². The Labute approximate surface area is 217 Å². The number of halogens is 9. The molecule has 1 N–H and O–H groups in total. The lowest BCUT2D eigenvalue weighted by Crippen LogP contribution is -2.43. The fraction of sp³-hybridized carbons (Fsp3) is 0.304. The molecule has 36 heavy (non-hydrogen) atoms. The van der Waals surface area contributed by atoms with E-state index in [1.165, 1.54) is 7.05 Å². The highest BCUT2D eigenvalue weighted by Gasteiger charge is 2.40. The minimum atomic E-state index is -5.01. The average molecular weight is 576 g/mol. The van der Waals surface area contributed by atoms with Crippen molar-refractivity contribution in [1.29, 1.82) is 0 Å². The predicted octanol–water partition coefficient (Wildman–Crippen LogP) is 7.93. The number of rotatable bonds is 6. The summed E-state index contributed by atoms with van der Waals surface area (Å²) in [6.07, 6.45) is -7.84. The Morgan fingerprint density at radius 3 is 2.11 bits per heavy atom. The zero-order valence-corrected chi connectivity index (χ0v) is 21.0. The molecule has 0 saturated heterocycles. The van der Waals surface area contributed by atoms with Crippen molar-refractivity contribution in [3.05, 3.63) is 73.7 Å². The third-order valence-corrected chi connectivity index (χ3v) is 6.10. The minimum absolute atomic E-state index is 0.0665. The standard InChI is InChI=1S/C23H19Cl3F6N2O2/c1-3-4-19(35)34(2)33-21(36)14-7-5-12(9-16(14)23(30,31)32)6-8-15(22(27,28)29)13-10-17(24)20(26)18(25)11-13/h5-11,15H,3-4H2,1-2H3,(H,33,36). The summed E-state index contributed by atoms with van der Waals surface area (Å²) >= 11 is 17.4. The Morgan fingerprint density at radius 1 is 1.03 bits per heavy atom. The second kappa shape index (κ2) is 11.7. The van der Waals surface area contributed by atoms with Crippen LogP contribution in [-0.2, 0) is 11.0 Å². The van der Waals surface area contributed by atoms with Crippen LogP contribution in [0.4, 0.5) is 26.3 Å². The molecule has 196 valence electrons. The molecule has 0 heterocycles. The maximum absolute atomic E-state index is 13.7. The van der Waals surface area contributed by atoms with Crippen LogP contribution in [0.2, 0.25) is 15.1 Å². The summed E-state index contributed by atoms with van der Waals surface area (Å²) in [7, 11) is 1.19. The summed E-state index contributed by atoms with van der Waals surface area (Å²) < 4.78 is 82.2. The van der Waals surface area contributed by atoms with Gasteiger partial charge in [0.25, 0.3) is 5.91 Å². The first-order valence-corrected chi connectivity index (χ1v) is 11.4. The summed E-state index contributed by atoms with van der Waals surface area (Å²) in [6.45, 7) is 1.71. The van der Waals surface area contributed by atoms with Crippen LogP contribution < -0.4 is 5.43 Å². The summed E-state index contributed by atoms with van der Waals surface area (Å²) in [6, 6.07) is 4.32. The number of nitrogens with zero attached hydrogens (tertiary/aromatic N) is 1. The van der Waals surface area contributed by atoms with Crippen LogP contribution in [-0.4, -0.2) is 30.0 Å². The van der Waals surface area contributed by atoms with Crippen molar-refractivity contribution in [3.8, 4) is 0 Å². The summed E-state index contributed by atoms with van der Waals surface area (Å²) in [4.78, 5) is 24.2. The van der Waals surface area contributed by atoms with Crippen molar-refractivity contribution in [2.24, 2.45) is 0 Å². The molecule has 0 fully saturated rings. The van der Waals surface area contributed by atoms with Crippen molar-refractivity contribution >= 4 is 52.7 Å². The van der Waals surface area contributed by atoms with E-state index in [9.17, 15) is 35.9 Å². The van der Waals surface area contributed by atoms with E-state index in [4.69, 9.17) is 34.8 Å². The van der Waals surface area contributed by atoms with Crippen LogP contribution in [0.1, 0.15) is 52.7 Å². The molecule has 2 aromatic carbocycles. The van der Waals surface area contributed by atoms with E-state index in [-0.39, 0.29) is 32.6 Å². The number of hydrazine groups is 1. The van der Waals surface area contributed by atoms with Crippen molar-refractivity contribution in [2.75, 3.05) is 7.05 Å². The van der Waals surface area contributed by atoms with Gasteiger partial charge in [-0.15, -0.1) is 0 Å². The molecule has 0 saturated carbocycles. The molecule has 2 amide bonds. The Balaban J connectivity index is 2.44. The molecule has 13 heteroatoms. The van der Waals surface area contributed by atoms with Gasteiger partial charge in [0, 0.05) is 13.5 Å². The Hall–Kier alpha value is -2.43. The van der Waals surface area contributed by atoms with Crippen LogP contribution in [0, 0.1) is 0 Å². The van der Waals surface area contributed by atoms with E-state index in [1.807, 2.05) is 0 Å². The number of allylic oxidation sites excluding steroid dienone is 1. The van der Waals surface area contributed by atoms with Gasteiger partial charge in [-0.25, -0.2) is 0 Å². The highest BCUT2D eigenvalue weighted by molar-refractivity contribution is 6.48. The molecule has 0 spiro atoms. The lowest BCUT2D eigenvalue weighted by molar-refractivity contribution is -0.140. The van der Waals surface area contributed by atoms with Crippen LogP contribution in [0.15, 0.2) is 36.4 Å². The number of amides is 2. The number of hydrogen-bond donors (Lipinski definition) is 1. The number of benzene rings is 2. The van der Waals surface area contributed by atoms with E-state index < -0.39 is 41.2 Å². The van der Waals surface area contributed by atoms with Crippen molar-refractivity contribution in [3.63, 3.8) is 0 Å². The Kier molecular flexibility index (Phi) is 9.72. The highest BCUT2D eigenvalue weighted by Crippen LogP contribution is 2.41. The molecule has 2 rings (SSSR count). The van der Waals surface area contributed by atoms with Crippen LogP contribution in [0.5, 0.6) is 0 Å². The second-order valence-corrected chi connectivity index (χ2v) is 8.82. The van der Waals surface area contributed by atoms with Gasteiger partial charge in [0.2, 0.25) is 5.91 Å². The summed E-state index contributed by atoms with van der Waals surface area (Å²) in [5.74, 6) is -3.98. The molecule has 0 radical (unpaired) electrons. The van der Waals surface area contributed by atoms with E-state index in [1.54, 1.807) is 6.92 Å². The number of carbonyl (C=O) groups is 2. The molecule has 0 aromatic heterocycles. The van der Waals surface area contributed by atoms with Crippen LogP contribution in [0.25, 0.3) is 6.08 Å². The molecule has 0 aliphatic rings. The molecule has 4 nitrogen and oxygen atoms in total. The topological polar surface area (TPSA) is 49.4 Å². The van der Waals surface area contributed by atoms with E-state index in [0.717, 1.165) is 35.4 Å². The molecular formula is C23H19Cl3F6N2O2. The second-order valence-electron chi connectivity index (χ2n) is 7.62. The molecule has 1 unspecified atom stereocenters. The number of nitrogens with one attached hydrogen (secondary N) is 1. The fourth-order valence-electron chi connectivity index (χ4n) is 3.13. The number of hydrogen-bond acceptors (Lipinski definition) is 2. The average Bonchev–Trinajstić information content (AvgIpc) is 2.76. The van der Waals surface area contributed by atoms with Gasteiger partial charge in [-0.2, -0.15) is 26.3 Å². The normalized spacial score (nSPS) is 13.1. The van der Waals surface area contributed by atoms with Crippen molar-refractivity contribution < 1.29 is 35.9 Å².